The Morgan fingerprint density at radius 3 is 2.41 bits per heavy atom. The van der Waals surface area contributed by atoms with Crippen molar-refractivity contribution < 1.29 is 14.4 Å². The average molecular weight is 302 g/mol. The summed E-state index contributed by atoms with van der Waals surface area (Å²) in [7, 11) is 3.04. The van der Waals surface area contributed by atoms with Gasteiger partial charge in [-0.25, -0.2) is 0 Å². The van der Waals surface area contributed by atoms with Gasteiger partial charge in [0.15, 0.2) is 0 Å². The first-order valence-electron chi connectivity index (χ1n) is 4.73. The minimum atomic E-state index is -0.450. The zero-order valence-electron chi connectivity index (χ0n) is 9.69. The molecular weight excluding hydrogens is 290 g/mol. The molecule has 0 saturated carbocycles. The van der Waals surface area contributed by atoms with Gasteiger partial charge < -0.3 is 9.47 Å². The van der Waals surface area contributed by atoms with Crippen molar-refractivity contribution >= 4 is 22.0 Å². The van der Waals surface area contributed by atoms with Crippen LogP contribution in [0.1, 0.15) is 12.5 Å². The van der Waals surface area contributed by atoms with Crippen LogP contribution in [-0.2, 0) is 0 Å². The highest BCUT2D eigenvalue weighted by Gasteiger charge is 2.11. The highest BCUT2D eigenvalue weighted by Crippen LogP contribution is 2.33. The quantitative estimate of drug-likeness (QED) is 0.633. The van der Waals surface area contributed by atoms with Crippen LogP contribution in [-0.4, -0.2) is 19.1 Å². The molecule has 1 aromatic carbocycles. The van der Waals surface area contributed by atoms with Crippen LogP contribution in [0.5, 0.6) is 11.5 Å². The van der Waals surface area contributed by atoms with Crippen LogP contribution in [0.3, 0.4) is 0 Å². The summed E-state index contributed by atoms with van der Waals surface area (Å²) in [6.45, 7) is 1.42. The monoisotopic (exact) mass is 301 g/mol. The number of halogens is 1. The minimum absolute atomic E-state index is 0.0349. The number of ether oxygens (including phenoxy) is 2. The summed E-state index contributed by atoms with van der Waals surface area (Å²) in [5.74, 6) is 1.13. The molecule has 0 atom stereocenters. The highest BCUT2D eigenvalue weighted by atomic mass is 79.9. The zero-order chi connectivity index (χ0) is 13.0. The zero-order valence-corrected chi connectivity index (χ0v) is 11.3. The van der Waals surface area contributed by atoms with E-state index in [9.17, 15) is 10.1 Å². The van der Waals surface area contributed by atoms with E-state index in [0.29, 0.717) is 17.1 Å². The van der Waals surface area contributed by atoms with Gasteiger partial charge in [-0.15, -0.1) is 0 Å². The fourth-order valence-electron chi connectivity index (χ4n) is 1.27. The molecule has 0 aliphatic carbocycles. The van der Waals surface area contributed by atoms with Gasteiger partial charge in [-0.1, -0.05) is 0 Å². The number of rotatable bonds is 4. The molecule has 0 heterocycles. The maximum absolute atomic E-state index is 10.6. The van der Waals surface area contributed by atoms with Crippen molar-refractivity contribution in [2.24, 2.45) is 0 Å². The molecule has 1 aromatic rings. The highest BCUT2D eigenvalue weighted by molar-refractivity contribution is 9.10. The maximum atomic E-state index is 10.6. The third-order valence-electron chi connectivity index (χ3n) is 2.16. The number of hydrogen-bond donors (Lipinski definition) is 0. The maximum Gasteiger partial charge on any atom is 0.243 e. The molecule has 0 N–H and O–H groups in total. The van der Waals surface area contributed by atoms with Crippen LogP contribution in [0, 0.1) is 10.1 Å². The second-order valence-corrected chi connectivity index (χ2v) is 4.13. The van der Waals surface area contributed by atoms with Crippen LogP contribution in [0.25, 0.3) is 6.08 Å². The molecule has 0 unspecified atom stereocenters. The third-order valence-corrected chi connectivity index (χ3v) is 2.78. The molecule has 17 heavy (non-hydrogen) atoms. The number of methoxy groups -OCH3 is 2. The van der Waals surface area contributed by atoms with Crippen molar-refractivity contribution in [1.29, 1.82) is 0 Å². The van der Waals surface area contributed by atoms with Crippen molar-refractivity contribution in [3.63, 3.8) is 0 Å². The smallest absolute Gasteiger partial charge is 0.243 e. The molecule has 0 radical (unpaired) electrons. The Balaban J connectivity index is 3.31. The Kier molecular flexibility index (Phi) is 4.51. The van der Waals surface area contributed by atoms with Crippen molar-refractivity contribution in [3.05, 3.63) is 38.0 Å². The van der Waals surface area contributed by atoms with Gasteiger partial charge in [0.05, 0.1) is 23.6 Å². The SMILES string of the molecule is COc1cc(/C=C(\C)[N+](=O)[O-])c(OC)cc1Br. The van der Waals surface area contributed by atoms with E-state index in [-0.39, 0.29) is 5.70 Å². The van der Waals surface area contributed by atoms with E-state index in [4.69, 9.17) is 9.47 Å². The number of nitro groups is 1. The van der Waals surface area contributed by atoms with Crippen molar-refractivity contribution in [2.45, 2.75) is 6.92 Å². The first-order valence-corrected chi connectivity index (χ1v) is 5.53. The van der Waals surface area contributed by atoms with Crippen molar-refractivity contribution in [2.75, 3.05) is 14.2 Å². The Morgan fingerprint density at radius 1 is 1.35 bits per heavy atom. The van der Waals surface area contributed by atoms with E-state index >= 15 is 0 Å². The first-order chi connectivity index (χ1) is 7.99. The summed E-state index contributed by atoms with van der Waals surface area (Å²) in [6, 6.07) is 3.38. The third kappa shape index (κ3) is 3.20. The Bertz CT molecular complexity index is 471. The van der Waals surface area contributed by atoms with Gasteiger partial charge in [0.2, 0.25) is 5.70 Å². The summed E-state index contributed by atoms with van der Waals surface area (Å²) in [5.41, 5.74) is 0.634. The molecule has 0 amide bonds. The molecule has 0 saturated heterocycles. The molecular formula is C11H12BrNO4. The van der Waals surface area contributed by atoms with Crippen LogP contribution in [0.15, 0.2) is 22.3 Å². The molecule has 1 rings (SSSR count). The lowest BCUT2D eigenvalue weighted by Crippen LogP contribution is -1.95. The second-order valence-electron chi connectivity index (χ2n) is 3.27. The fourth-order valence-corrected chi connectivity index (χ4v) is 1.76. The summed E-state index contributed by atoms with van der Waals surface area (Å²) in [6.07, 6.45) is 1.44. The normalized spacial score (nSPS) is 11.2. The molecule has 0 spiro atoms. The summed E-state index contributed by atoms with van der Waals surface area (Å²) >= 11 is 3.32. The lowest BCUT2D eigenvalue weighted by molar-refractivity contribution is -0.422. The predicted octanol–water partition coefficient (Wildman–Crippen LogP) is 3.10. The Hall–Kier alpha value is -1.56. The molecule has 0 bridgehead atoms. The molecule has 6 heteroatoms. The number of allylic oxidation sites excluding steroid dienone is 1. The van der Waals surface area contributed by atoms with E-state index in [0.717, 1.165) is 4.47 Å². The number of hydrogen-bond acceptors (Lipinski definition) is 4. The molecule has 92 valence electrons. The van der Waals surface area contributed by atoms with Crippen LogP contribution in [0.4, 0.5) is 0 Å². The fraction of sp³-hybridized carbons (Fsp3) is 0.273. The molecule has 5 nitrogen and oxygen atoms in total. The van der Waals surface area contributed by atoms with E-state index in [1.807, 2.05) is 0 Å². The Labute approximate surface area is 107 Å². The molecule has 0 aliphatic heterocycles. The molecule has 0 aromatic heterocycles. The lowest BCUT2D eigenvalue weighted by Gasteiger charge is -2.09. The molecule has 0 aliphatic rings. The number of benzene rings is 1. The van der Waals surface area contributed by atoms with E-state index in [1.54, 1.807) is 12.1 Å². The largest absolute Gasteiger partial charge is 0.496 e. The van der Waals surface area contributed by atoms with Crippen LogP contribution < -0.4 is 9.47 Å². The van der Waals surface area contributed by atoms with E-state index in [1.165, 1.54) is 27.2 Å². The first kappa shape index (κ1) is 13.5. The van der Waals surface area contributed by atoms with Gasteiger partial charge in [0, 0.05) is 18.6 Å². The standard InChI is InChI=1S/C11H12BrNO4/c1-7(13(14)15)4-8-5-11(17-3)9(12)6-10(8)16-2/h4-6H,1-3H3/b7-4+. The van der Waals surface area contributed by atoms with E-state index in [2.05, 4.69) is 15.9 Å². The number of nitrogens with zero attached hydrogens (tertiary/aromatic N) is 1. The van der Waals surface area contributed by atoms with Crippen molar-refractivity contribution in [3.8, 4) is 11.5 Å². The van der Waals surface area contributed by atoms with E-state index < -0.39 is 4.92 Å². The van der Waals surface area contributed by atoms with Gasteiger partial charge in [-0.05, 0) is 28.1 Å². The average Bonchev–Trinajstić information content (AvgIpc) is 2.30. The summed E-state index contributed by atoms with van der Waals surface area (Å²) < 4.78 is 11.0. The topological polar surface area (TPSA) is 61.6 Å². The van der Waals surface area contributed by atoms with Gasteiger partial charge in [0.25, 0.3) is 0 Å². The van der Waals surface area contributed by atoms with Crippen molar-refractivity contribution in [1.82, 2.24) is 0 Å². The van der Waals surface area contributed by atoms with Crippen LogP contribution in [0.2, 0.25) is 0 Å². The van der Waals surface area contributed by atoms with Gasteiger partial charge >= 0.3 is 0 Å². The predicted molar refractivity (Wildman–Crippen MR) is 67.9 cm³/mol. The lowest BCUT2D eigenvalue weighted by atomic mass is 10.1. The minimum Gasteiger partial charge on any atom is -0.496 e. The van der Waals surface area contributed by atoms with Gasteiger partial charge in [-0.2, -0.15) is 0 Å². The molecule has 0 fully saturated rings. The van der Waals surface area contributed by atoms with Gasteiger partial charge in [-0.3, -0.25) is 10.1 Å². The van der Waals surface area contributed by atoms with Crippen LogP contribution >= 0.6 is 15.9 Å². The Morgan fingerprint density at radius 2 is 1.94 bits per heavy atom. The summed E-state index contributed by atoms with van der Waals surface area (Å²) in [4.78, 5) is 10.1. The summed E-state index contributed by atoms with van der Waals surface area (Å²) in [5, 5.41) is 10.6. The second kappa shape index (κ2) is 5.67. The van der Waals surface area contributed by atoms with Gasteiger partial charge in [0.1, 0.15) is 11.5 Å².